The summed E-state index contributed by atoms with van der Waals surface area (Å²) < 4.78 is 0. The van der Waals surface area contributed by atoms with Crippen molar-refractivity contribution >= 4 is 18.4 Å². The summed E-state index contributed by atoms with van der Waals surface area (Å²) >= 11 is 0. The zero-order valence-electron chi connectivity index (χ0n) is 8.71. The Kier molecular flexibility index (Phi) is 3.24. The largest absolute Gasteiger partial charge is 0.298 e. The minimum atomic E-state index is 0.690. The molecule has 0 amide bonds. The van der Waals surface area contributed by atoms with E-state index in [1.54, 1.807) is 18.3 Å². The quantitative estimate of drug-likeness (QED) is 0.727. The second-order valence-corrected chi connectivity index (χ2v) is 3.37. The summed E-state index contributed by atoms with van der Waals surface area (Å²) in [5, 5.41) is 0. The van der Waals surface area contributed by atoms with Crippen LogP contribution in [0.5, 0.6) is 0 Å². The van der Waals surface area contributed by atoms with Crippen molar-refractivity contribution in [1.82, 2.24) is 4.98 Å². The van der Waals surface area contributed by atoms with E-state index < -0.39 is 0 Å². The maximum atomic E-state index is 10.5. The van der Waals surface area contributed by atoms with Crippen molar-refractivity contribution in [2.24, 2.45) is 0 Å². The Morgan fingerprint density at radius 2 is 1.62 bits per heavy atom. The van der Waals surface area contributed by atoms with Gasteiger partial charge in [0.05, 0.1) is 5.69 Å². The van der Waals surface area contributed by atoms with Crippen LogP contribution < -0.4 is 0 Å². The molecule has 1 aromatic carbocycles. The van der Waals surface area contributed by atoms with Gasteiger partial charge in [-0.25, -0.2) is 0 Å². The minimum absolute atomic E-state index is 0.690. The molecule has 0 N–H and O–H groups in total. The van der Waals surface area contributed by atoms with E-state index in [2.05, 4.69) is 4.98 Å². The second kappa shape index (κ2) is 5.03. The van der Waals surface area contributed by atoms with Gasteiger partial charge in [-0.05, 0) is 23.8 Å². The molecule has 0 unspecified atom stereocenters. The van der Waals surface area contributed by atoms with E-state index >= 15 is 0 Å². The van der Waals surface area contributed by atoms with Crippen LogP contribution in [-0.2, 0) is 0 Å². The van der Waals surface area contributed by atoms with Crippen LogP contribution in [0.15, 0.2) is 48.7 Å². The van der Waals surface area contributed by atoms with Gasteiger partial charge in [-0.2, -0.15) is 0 Å². The van der Waals surface area contributed by atoms with Crippen LogP contribution in [0.3, 0.4) is 0 Å². The lowest BCUT2D eigenvalue weighted by Gasteiger charge is -1.94. The predicted molar refractivity (Wildman–Crippen MR) is 65.0 cm³/mol. The minimum Gasteiger partial charge on any atom is -0.298 e. The van der Waals surface area contributed by atoms with E-state index in [0.29, 0.717) is 5.56 Å². The second-order valence-electron chi connectivity index (χ2n) is 3.37. The Bertz CT molecular complexity index is 486. The van der Waals surface area contributed by atoms with Crippen LogP contribution >= 0.6 is 0 Å². The van der Waals surface area contributed by atoms with Gasteiger partial charge in [0.2, 0.25) is 0 Å². The van der Waals surface area contributed by atoms with Crippen molar-refractivity contribution in [3.8, 4) is 0 Å². The van der Waals surface area contributed by atoms with Crippen molar-refractivity contribution in [2.75, 3.05) is 0 Å². The summed E-state index contributed by atoms with van der Waals surface area (Å²) in [6.07, 6.45) is 6.51. The predicted octanol–water partition coefficient (Wildman–Crippen LogP) is 3.06. The molecule has 2 nitrogen and oxygen atoms in total. The lowest BCUT2D eigenvalue weighted by atomic mass is 10.1. The molecular weight excluding hydrogens is 198 g/mol. The standard InChI is InChI=1S/C14H11NO/c16-11-13-6-4-12(5-7-13)8-9-14-3-1-2-10-15-14/h1-11H/b9-8+. The van der Waals surface area contributed by atoms with Crippen molar-refractivity contribution in [2.45, 2.75) is 0 Å². The van der Waals surface area contributed by atoms with Gasteiger partial charge in [0, 0.05) is 11.8 Å². The maximum absolute atomic E-state index is 10.5. The highest BCUT2D eigenvalue weighted by Gasteiger charge is 1.90. The van der Waals surface area contributed by atoms with Crippen molar-refractivity contribution in [1.29, 1.82) is 0 Å². The summed E-state index contributed by atoms with van der Waals surface area (Å²) in [6, 6.07) is 13.2. The molecule has 0 bridgehead atoms. The first-order valence-electron chi connectivity index (χ1n) is 5.03. The molecule has 78 valence electrons. The van der Waals surface area contributed by atoms with Crippen molar-refractivity contribution < 1.29 is 4.79 Å². The van der Waals surface area contributed by atoms with E-state index in [1.807, 2.05) is 42.5 Å². The number of carbonyl (C=O) groups excluding carboxylic acids is 1. The molecule has 0 fully saturated rings. The van der Waals surface area contributed by atoms with Gasteiger partial charge in [-0.3, -0.25) is 9.78 Å². The van der Waals surface area contributed by atoms with Crippen LogP contribution in [0.25, 0.3) is 12.2 Å². The third-order valence-corrected chi connectivity index (χ3v) is 2.21. The molecule has 0 aliphatic heterocycles. The third kappa shape index (κ3) is 2.64. The van der Waals surface area contributed by atoms with Gasteiger partial charge in [-0.1, -0.05) is 36.4 Å². The number of aldehydes is 1. The fraction of sp³-hybridized carbons (Fsp3) is 0. The van der Waals surface area contributed by atoms with Crippen LogP contribution in [0.4, 0.5) is 0 Å². The highest BCUT2D eigenvalue weighted by atomic mass is 16.1. The molecule has 0 saturated heterocycles. The number of pyridine rings is 1. The van der Waals surface area contributed by atoms with Gasteiger partial charge in [0.15, 0.2) is 0 Å². The first-order chi connectivity index (χ1) is 7.88. The van der Waals surface area contributed by atoms with Gasteiger partial charge in [0.1, 0.15) is 6.29 Å². The average Bonchev–Trinajstić information content (AvgIpc) is 2.38. The Balaban J connectivity index is 2.14. The molecule has 2 rings (SSSR count). The lowest BCUT2D eigenvalue weighted by Crippen LogP contribution is -1.79. The summed E-state index contributed by atoms with van der Waals surface area (Å²) in [7, 11) is 0. The van der Waals surface area contributed by atoms with Gasteiger partial charge < -0.3 is 0 Å². The highest BCUT2D eigenvalue weighted by molar-refractivity contribution is 5.76. The first-order valence-corrected chi connectivity index (χ1v) is 5.03. The fourth-order valence-corrected chi connectivity index (χ4v) is 1.34. The molecular formula is C14H11NO. The van der Waals surface area contributed by atoms with Crippen molar-refractivity contribution in [3.05, 3.63) is 65.5 Å². The summed E-state index contributed by atoms with van der Waals surface area (Å²) in [6.45, 7) is 0. The maximum Gasteiger partial charge on any atom is 0.150 e. The van der Waals surface area contributed by atoms with Crippen LogP contribution in [0.2, 0.25) is 0 Å². The third-order valence-electron chi connectivity index (χ3n) is 2.21. The smallest absolute Gasteiger partial charge is 0.150 e. The molecule has 0 atom stereocenters. The van der Waals surface area contributed by atoms with E-state index in [0.717, 1.165) is 17.5 Å². The number of hydrogen-bond donors (Lipinski definition) is 0. The van der Waals surface area contributed by atoms with Crippen LogP contribution in [-0.4, -0.2) is 11.3 Å². The van der Waals surface area contributed by atoms with E-state index in [1.165, 1.54) is 0 Å². The summed E-state index contributed by atoms with van der Waals surface area (Å²) in [5.41, 5.74) is 2.66. The summed E-state index contributed by atoms with van der Waals surface area (Å²) in [5.74, 6) is 0. The number of benzene rings is 1. The van der Waals surface area contributed by atoms with Crippen molar-refractivity contribution in [3.63, 3.8) is 0 Å². The van der Waals surface area contributed by atoms with Crippen LogP contribution in [0.1, 0.15) is 21.6 Å². The monoisotopic (exact) mass is 209 g/mol. The average molecular weight is 209 g/mol. The molecule has 0 radical (unpaired) electrons. The molecule has 0 saturated carbocycles. The Morgan fingerprint density at radius 3 is 2.25 bits per heavy atom. The van der Waals surface area contributed by atoms with E-state index in [9.17, 15) is 4.79 Å². The number of rotatable bonds is 3. The Morgan fingerprint density at radius 1 is 0.875 bits per heavy atom. The molecule has 1 heterocycles. The molecule has 16 heavy (non-hydrogen) atoms. The molecule has 0 spiro atoms. The molecule has 1 aromatic heterocycles. The zero-order valence-corrected chi connectivity index (χ0v) is 8.71. The van der Waals surface area contributed by atoms with Gasteiger partial charge in [0.25, 0.3) is 0 Å². The Labute approximate surface area is 94.3 Å². The number of nitrogens with zero attached hydrogens (tertiary/aromatic N) is 1. The zero-order chi connectivity index (χ0) is 11.2. The van der Waals surface area contributed by atoms with Gasteiger partial charge in [-0.15, -0.1) is 0 Å². The number of aromatic nitrogens is 1. The van der Waals surface area contributed by atoms with Crippen LogP contribution in [0, 0.1) is 0 Å². The summed E-state index contributed by atoms with van der Waals surface area (Å²) in [4.78, 5) is 14.7. The number of carbonyl (C=O) groups is 1. The Hall–Kier alpha value is -2.22. The topological polar surface area (TPSA) is 30.0 Å². The normalized spacial score (nSPS) is 10.5. The first kappa shape index (κ1) is 10.3. The van der Waals surface area contributed by atoms with E-state index in [4.69, 9.17) is 0 Å². The molecule has 0 aliphatic rings. The molecule has 2 heteroatoms. The lowest BCUT2D eigenvalue weighted by molar-refractivity contribution is 0.112. The SMILES string of the molecule is O=Cc1ccc(/C=C/c2ccccn2)cc1. The van der Waals surface area contributed by atoms with Gasteiger partial charge >= 0.3 is 0 Å². The fourth-order valence-electron chi connectivity index (χ4n) is 1.34. The highest BCUT2D eigenvalue weighted by Crippen LogP contribution is 2.07. The molecule has 2 aromatic rings. The number of hydrogen-bond acceptors (Lipinski definition) is 2. The molecule has 0 aliphatic carbocycles. The van der Waals surface area contributed by atoms with E-state index in [-0.39, 0.29) is 0 Å².